The predicted molar refractivity (Wildman–Crippen MR) is 64.0 cm³/mol. The Labute approximate surface area is 97.9 Å². The van der Waals surface area contributed by atoms with Crippen LogP contribution >= 0.6 is 0 Å². The summed E-state index contributed by atoms with van der Waals surface area (Å²) in [4.78, 5) is 11.6. The first-order valence-electron chi connectivity index (χ1n) is 6.10. The van der Waals surface area contributed by atoms with Gasteiger partial charge in [0.15, 0.2) is 0 Å². The molecular formula is C12H24N2O2. The first-order valence-corrected chi connectivity index (χ1v) is 6.10. The highest BCUT2D eigenvalue weighted by Gasteiger charge is 2.53. The molecule has 16 heavy (non-hydrogen) atoms. The number of methoxy groups -OCH3 is 1. The van der Waals surface area contributed by atoms with Gasteiger partial charge in [-0.1, -0.05) is 13.8 Å². The maximum atomic E-state index is 11.6. The van der Waals surface area contributed by atoms with Crippen LogP contribution in [0.2, 0.25) is 0 Å². The van der Waals surface area contributed by atoms with E-state index >= 15 is 0 Å². The van der Waals surface area contributed by atoms with Gasteiger partial charge in [-0.15, -0.1) is 0 Å². The van der Waals surface area contributed by atoms with Crippen molar-refractivity contribution >= 4 is 5.91 Å². The molecule has 94 valence electrons. The summed E-state index contributed by atoms with van der Waals surface area (Å²) >= 11 is 0. The Hall–Kier alpha value is -0.610. The zero-order valence-electron chi connectivity index (χ0n) is 10.7. The van der Waals surface area contributed by atoms with Gasteiger partial charge in [-0.2, -0.15) is 0 Å². The molecule has 0 aromatic rings. The van der Waals surface area contributed by atoms with Crippen LogP contribution in [0.15, 0.2) is 0 Å². The predicted octanol–water partition coefficient (Wildman–Crippen LogP) is 1.04. The van der Waals surface area contributed by atoms with Crippen LogP contribution in [0.5, 0.6) is 0 Å². The fraction of sp³-hybridized carbons (Fsp3) is 0.917. The van der Waals surface area contributed by atoms with E-state index in [-0.39, 0.29) is 23.5 Å². The second-order valence-electron chi connectivity index (χ2n) is 4.75. The minimum atomic E-state index is -0.437. The number of amides is 1. The smallest absolute Gasteiger partial charge is 0.236 e. The molecule has 1 rings (SSSR count). The first-order chi connectivity index (χ1) is 7.51. The lowest BCUT2D eigenvalue weighted by molar-refractivity contribution is -0.141. The van der Waals surface area contributed by atoms with E-state index < -0.39 is 6.04 Å². The Balaban J connectivity index is 2.66. The number of rotatable bonds is 5. The number of hydrogen-bond donors (Lipinski definition) is 2. The molecule has 4 nitrogen and oxygen atoms in total. The van der Waals surface area contributed by atoms with Gasteiger partial charge in [-0.3, -0.25) is 4.79 Å². The Morgan fingerprint density at radius 1 is 1.56 bits per heavy atom. The van der Waals surface area contributed by atoms with Crippen molar-refractivity contribution in [3.8, 4) is 0 Å². The van der Waals surface area contributed by atoms with Crippen molar-refractivity contribution in [3.63, 3.8) is 0 Å². The van der Waals surface area contributed by atoms with Gasteiger partial charge >= 0.3 is 0 Å². The summed E-state index contributed by atoms with van der Waals surface area (Å²) < 4.78 is 5.47. The van der Waals surface area contributed by atoms with Crippen LogP contribution in [0.25, 0.3) is 0 Å². The first kappa shape index (κ1) is 13.5. The minimum Gasteiger partial charge on any atom is -0.381 e. The van der Waals surface area contributed by atoms with Crippen molar-refractivity contribution in [3.05, 3.63) is 0 Å². The molecule has 0 aromatic heterocycles. The summed E-state index contributed by atoms with van der Waals surface area (Å²) in [5.74, 6) is -0.0640. The molecule has 0 aromatic carbocycles. The van der Waals surface area contributed by atoms with Gasteiger partial charge in [0, 0.05) is 18.6 Å². The molecule has 0 spiro atoms. The zero-order chi connectivity index (χ0) is 12.3. The summed E-state index contributed by atoms with van der Waals surface area (Å²) in [7, 11) is 1.74. The van der Waals surface area contributed by atoms with Crippen molar-refractivity contribution in [1.82, 2.24) is 5.32 Å². The van der Waals surface area contributed by atoms with Crippen molar-refractivity contribution in [2.45, 2.75) is 58.2 Å². The number of hydrogen-bond acceptors (Lipinski definition) is 3. The van der Waals surface area contributed by atoms with E-state index in [1.54, 1.807) is 14.0 Å². The van der Waals surface area contributed by atoms with Crippen LogP contribution in [0.3, 0.4) is 0 Å². The van der Waals surface area contributed by atoms with Crippen LogP contribution in [-0.2, 0) is 9.53 Å². The lowest BCUT2D eigenvalue weighted by atomic mass is 9.58. The van der Waals surface area contributed by atoms with Crippen LogP contribution in [-0.4, -0.2) is 31.2 Å². The number of carbonyl (C=O) groups excluding carboxylic acids is 1. The molecule has 1 saturated carbocycles. The van der Waals surface area contributed by atoms with E-state index in [1.807, 2.05) is 0 Å². The molecule has 0 aliphatic heterocycles. The normalized spacial score (nSPS) is 29.3. The molecule has 1 aliphatic rings. The molecule has 2 unspecified atom stereocenters. The lowest BCUT2D eigenvalue weighted by Crippen LogP contribution is -2.65. The highest BCUT2D eigenvalue weighted by atomic mass is 16.5. The van der Waals surface area contributed by atoms with Gasteiger partial charge in [0.1, 0.15) is 0 Å². The second-order valence-corrected chi connectivity index (χ2v) is 4.75. The molecule has 4 heteroatoms. The fourth-order valence-corrected chi connectivity index (χ4v) is 2.78. The Morgan fingerprint density at radius 3 is 2.50 bits per heavy atom. The topological polar surface area (TPSA) is 64.4 Å². The third-order valence-corrected chi connectivity index (χ3v) is 4.12. The lowest BCUT2D eigenvalue weighted by Gasteiger charge is -2.55. The Kier molecular flexibility index (Phi) is 4.33. The molecule has 0 bridgehead atoms. The maximum Gasteiger partial charge on any atom is 0.236 e. The van der Waals surface area contributed by atoms with E-state index in [1.165, 1.54) is 0 Å². The maximum absolute atomic E-state index is 11.6. The van der Waals surface area contributed by atoms with Gasteiger partial charge in [0.25, 0.3) is 0 Å². The minimum absolute atomic E-state index is 0.0640. The number of nitrogens with two attached hydrogens (primary N) is 1. The van der Waals surface area contributed by atoms with E-state index in [4.69, 9.17) is 10.5 Å². The van der Waals surface area contributed by atoms with Crippen molar-refractivity contribution < 1.29 is 9.53 Å². The molecule has 0 radical (unpaired) electrons. The largest absolute Gasteiger partial charge is 0.381 e. The summed E-state index contributed by atoms with van der Waals surface area (Å²) in [5.41, 5.74) is 5.65. The highest BCUT2D eigenvalue weighted by molar-refractivity contribution is 5.81. The van der Waals surface area contributed by atoms with Crippen LogP contribution < -0.4 is 11.1 Å². The van der Waals surface area contributed by atoms with Gasteiger partial charge in [0.2, 0.25) is 5.91 Å². The third kappa shape index (κ3) is 2.09. The van der Waals surface area contributed by atoms with E-state index in [0.29, 0.717) is 0 Å². The highest BCUT2D eigenvalue weighted by Crippen LogP contribution is 2.48. The van der Waals surface area contributed by atoms with Crippen molar-refractivity contribution in [1.29, 1.82) is 0 Å². The van der Waals surface area contributed by atoms with E-state index in [2.05, 4.69) is 19.2 Å². The van der Waals surface area contributed by atoms with Gasteiger partial charge in [-0.05, 0) is 26.2 Å². The molecule has 0 heterocycles. The number of nitrogens with one attached hydrogen (secondary N) is 1. The van der Waals surface area contributed by atoms with Gasteiger partial charge in [-0.25, -0.2) is 0 Å². The SMILES string of the molecule is CCC1(CC)C(NC(=O)[C@@H](C)N)CC1OC. The Bertz CT molecular complexity index is 249. The monoisotopic (exact) mass is 228 g/mol. The van der Waals surface area contributed by atoms with Gasteiger partial charge < -0.3 is 15.8 Å². The summed E-state index contributed by atoms with van der Waals surface area (Å²) in [5, 5.41) is 3.03. The van der Waals surface area contributed by atoms with E-state index in [9.17, 15) is 4.79 Å². The summed E-state index contributed by atoms with van der Waals surface area (Å²) in [6.07, 6.45) is 3.20. The molecule has 1 aliphatic carbocycles. The molecule has 0 saturated heterocycles. The van der Waals surface area contributed by atoms with Crippen molar-refractivity contribution in [2.24, 2.45) is 11.1 Å². The van der Waals surface area contributed by atoms with Crippen LogP contribution in [0.1, 0.15) is 40.0 Å². The zero-order valence-corrected chi connectivity index (χ0v) is 10.7. The average Bonchev–Trinajstić information content (AvgIpc) is 2.25. The number of carbonyl (C=O) groups is 1. The quantitative estimate of drug-likeness (QED) is 0.739. The van der Waals surface area contributed by atoms with Crippen LogP contribution in [0.4, 0.5) is 0 Å². The molecule has 1 fully saturated rings. The molecular weight excluding hydrogens is 204 g/mol. The molecule has 1 amide bonds. The Morgan fingerprint density at radius 2 is 2.12 bits per heavy atom. The number of ether oxygens (including phenoxy) is 1. The third-order valence-electron chi connectivity index (χ3n) is 4.12. The van der Waals surface area contributed by atoms with Crippen molar-refractivity contribution in [2.75, 3.05) is 7.11 Å². The van der Waals surface area contributed by atoms with Gasteiger partial charge in [0.05, 0.1) is 12.1 Å². The average molecular weight is 228 g/mol. The summed E-state index contributed by atoms with van der Waals surface area (Å²) in [6, 6.07) is -0.223. The fourth-order valence-electron chi connectivity index (χ4n) is 2.78. The second kappa shape index (κ2) is 5.15. The standard InChI is InChI=1S/C12H24N2O2/c1-5-12(6-2)9(7-10(12)16-4)14-11(15)8(3)13/h8-10H,5-7,13H2,1-4H3,(H,14,15)/t8-,9?,10?/m1/s1. The molecule has 3 atom stereocenters. The summed E-state index contributed by atoms with van der Waals surface area (Å²) in [6.45, 7) is 6.01. The molecule has 3 N–H and O–H groups in total. The van der Waals surface area contributed by atoms with Crippen LogP contribution in [0, 0.1) is 5.41 Å². The van der Waals surface area contributed by atoms with E-state index in [0.717, 1.165) is 19.3 Å².